The highest BCUT2D eigenvalue weighted by Gasteiger charge is 2.22. The van der Waals surface area contributed by atoms with Gasteiger partial charge in [0.25, 0.3) is 0 Å². The van der Waals surface area contributed by atoms with E-state index in [-0.39, 0.29) is 12.1 Å². The van der Waals surface area contributed by atoms with E-state index < -0.39 is 0 Å². The van der Waals surface area contributed by atoms with Crippen LogP contribution in [0.5, 0.6) is 0 Å². The zero-order valence-electron chi connectivity index (χ0n) is 9.38. The van der Waals surface area contributed by atoms with Crippen molar-refractivity contribution in [1.29, 1.82) is 0 Å². The zero-order valence-corrected chi connectivity index (χ0v) is 9.38. The first-order valence-electron chi connectivity index (χ1n) is 5.64. The maximum absolute atomic E-state index is 9.22. The molecule has 1 aliphatic heterocycles. The highest BCUT2D eigenvalue weighted by molar-refractivity contribution is 4.82. The molecule has 1 fully saturated rings. The summed E-state index contributed by atoms with van der Waals surface area (Å²) in [6, 6.07) is 0. The van der Waals surface area contributed by atoms with E-state index in [4.69, 9.17) is 4.74 Å². The second-order valence-corrected chi connectivity index (χ2v) is 4.54. The molecule has 0 spiro atoms. The standard InChI is InChI=1S/C11H23NO2/c1-3-11(2,9-13)12-7-10-5-4-6-14-8-10/h10,12-13H,3-9H2,1-2H3. The van der Waals surface area contributed by atoms with Crippen molar-refractivity contribution in [2.45, 2.75) is 38.6 Å². The SMILES string of the molecule is CCC(C)(CO)NCC1CCCOC1. The van der Waals surface area contributed by atoms with Crippen LogP contribution in [0.25, 0.3) is 0 Å². The Labute approximate surface area is 86.8 Å². The molecule has 2 N–H and O–H groups in total. The van der Waals surface area contributed by atoms with Crippen LogP contribution in [0.2, 0.25) is 0 Å². The fourth-order valence-corrected chi connectivity index (χ4v) is 1.65. The molecule has 0 radical (unpaired) electrons. The highest BCUT2D eigenvalue weighted by atomic mass is 16.5. The number of hydrogen-bond acceptors (Lipinski definition) is 3. The fraction of sp³-hybridized carbons (Fsp3) is 1.00. The van der Waals surface area contributed by atoms with Crippen molar-refractivity contribution in [2.24, 2.45) is 5.92 Å². The minimum absolute atomic E-state index is 0.114. The van der Waals surface area contributed by atoms with Crippen LogP contribution < -0.4 is 5.32 Å². The summed E-state index contributed by atoms with van der Waals surface area (Å²) in [6.45, 7) is 7.12. The Morgan fingerprint density at radius 2 is 2.36 bits per heavy atom. The Kier molecular flexibility index (Phi) is 4.85. The molecule has 1 aliphatic rings. The Bertz CT molecular complexity index is 151. The molecular weight excluding hydrogens is 178 g/mol. The Morgan fingerprint density at radius 3 is 2.86 bits per heavy atom. The average molecular weight is 201 g/mol. The molecule has 84 valence electrons. The van der Waals surface area contributed by atoms with Crippen molar-refractivity contribution in [2.75, 3.05) is 26.4 Å². The van der Waals surface area contributed by atoms with Crippen LogP contribution in [0, 0.1) is 5.92 Å². The third-order valence-corrected chi connectivity index (χ3v) is 3.20. The van der Waals surface area contributed by atoms with Crippen molar-refractivity contribution in [1.82, 2.24) is 5.32 Å². The normalized spacial score (nSPS) is 27.2. The van der Waals surface area contributed by atoms with Crippen molar-refractivity contribution in [3.05, 3.63) is 0 Å². The van der Waals surface area contributed by atoms with Gasteiger partial charge in [-0.15, -0.1) is 0 Å². The number of rotatable bonds is 5. The lowest BCUT2D eigenvalue weighted by Crippen LogP contribution is -2.48. The molecule has 0 saturated carbocycles. The van der Waals surface area contributed by atoms with E-state index in [1.165, 1.54) is 12.8 Å². The van der Waals surface area contributed by atoms with E-state index in [2.05, 4.69) is 19.2 Å². The largest absolute Gasteiger partial charge is 0.394 e. The van der Waals surface area contributed by atoms with Crippen LogP contribution in [0.1, 0.15) is 33.1 Å². The lowest BCUT2D eigenvalue weighted by atomic mass is 9.97. The highest BCUT2D eigenvalue weighted by Crippen LogP contribution is 2.15. The third kappa shape index (κ3) is 3.56. The van der Waals surface area contributed by atoms with Gasteiger partial charge in [-0.2, -0.15) is 0 Å². The van der Waals surface area contributed by atoms with Gasteiger partial charge in [0.05, 0.1) is 13.2 Å². The summed E-state index contributed by atoms with van der Waals surface area (Å²) < 4.78 is 5.41. The Morgan fingerprint density at radius 1 is 1.57 bits per heavy atom. The molecule has 2 unspecified atom stereocenters. The van der Waals surface area contributed by atoms with E-state index in [0.717, 1.165) is 26.2 Å². The molecule has 1 rings (SSSR count). The van der Waals surface area contributed by atoms with Crippen LogP contribution in [-0.4, -0.2) is 37.0 Å². The van der Waals surface area contributed by atoms with Gasteiger partial charge in [-0.1, -0.05) is 6.92 Å². The molecule has 0 bridgehead atoms. The Hall–Kier alpha value is -0.120. The molecular formula is C11H23NO2. The summed E-state index contributed by atoms with van der Waals surface area (Å²) in [7, 11) is 0. The summed E-state index contributed by atoms with van der Waals surface area (Å²) in [5.41, 5.74) is -0.114. The molecule has 1 saturated heterocycles. The van der Waals surface area contributed by atoms with Crippen molar-refractivity contribution >= 4 is 0 Å². The lowest BCUT2D eigenvalue weighted by molar-refractivity contribution is 0.0487. The lowest BCUT2D eigenvalue weighted by Gasteiger charge is -2.31. The van der Waals surface area contributed by atoms with Crippen LogP contribution in [0.3, 0.4) is 0 Å². The van der Waals surface area contributed by atoms with Crippen molar-refractivity contribution in [3.8, 4) is 0 Å². The van der Waals surface area contributed by atoms with Gasteiger partial charge < -0.3 is 15.2 Å². The number of aliphatic hydroxyl groups excluding tert-OH is 1. The summed E-state index contributed by atoms with van der Waals surface area (Å²) in [5, 5.41) is 12.7. The second kappa shape index (κ2) is 5.69. The first-order valence-corrected chi connectivity index (χ1v) is 5.64. The second-order valence-electron chi connectivity index (χ2n) is 4.54. The fourth-order valence-electron chi connectivity index (χ4n) is 1.65. The smallest absolute Gasteiger partial charge is 0.0610 e. The van der Waals surface area contributed by atoms with Crippen LogP contribution in [0.15, 0.2) is 0 Å². The van der Waals surface area contributed by atoms with E-state index in [1.807, 2.05) is 0 Å². The van der Waals surface area contributed by atoms with Crippen molar-refractivity contribution < 1.29 is 9.84 Å². The molecule has 0 aromatic carbocycles. The molecule has 14 heavy (non-hydrogen) atoms. The summed E-state index contributed by atoms with van der Waals surface area (Å²) in [5.74, 6) is 0.626. The number of nitrogens with one attached hydrogen (secondary N) is 1. The van der Waals surface area contributed by atoms with E-state index >= 15 is 0 Å². The van der Waals surface area contributed by atoms with Gasteiger partial charge in [-0.25, -0.2) is 0 Å². The van der Waals surface area contributed by atoms with E-state index in [9.17, 15) is 5.11 Å². The van der Waals surface area contributed by atoms with Crippen LogP contribution >= 0.6 is 0 Å². The molecule has 0 aromatic rings. The third-order valence-electron chi connectivity index (χ3n) is 3.20. The minimum atomic E-state index is -0.114. The average Bonchev–Trinajstić information content (AvgIpc) is 2.27. The molecule has 0 aromatic heterocycles. The predicted octanol–water partition coefficient (Wildman–Crippen LogP) is 1.16. The quantitative estimate of drug-likeness (QED) is 0.701. The molecule has 0 aliphatic carbocycles. The van der Waals surface area contributed by atoms with E-state index in [0.29, 0.717) is 5.92 Å². The predicted molar refractivity (Wildman–Crippen MR) is 57.3 cm³/mol. The number of ether oxygens (including phenoxy) is 1. The van der Waals surface area contributed by atoms with Gasteiger partial charge in [0.2, 0.25) is 0 Å². The minimum Gasteiger partial charge on any atom is -0.394 e. The first-order chi connectivity index (χ1) is 6.70. The summed E-state index contributed by atoms with van der Waals surface area (Å²) >= 11 is 0. The number of aliphatic hydroxyl groups is 1. The molecule has 2 atom stereocenters. The van der Waals surface area contributed by atoms with E-state index in [1.54, 1.807) is 0 Å². The first kappa shape index (κ1) is 12.0. The van der Waals surface area contributed by atoms with Gasteiger partial charge in [0.1, 0.15) is 0 Å². The van der Waals surface area contributed by atoms with Crippen molar-refractivity contribution in [3.63, 3.8) is 0 Å². The van der Waals surface area contributed by atoms with Crippen LogP contribution in [0.4, 0.5) is 0 Å². The van der Waals surface area contributed by atoms with Crippen LogP contribution in [-0.2, 0) is 4.74 Å². The monoisotopic (exact) mass is 201 g/mol. The zero-order chi connectivity index (χ0) is 10.4. The maximum atomic E-state index is 9.22. The van der Waals surface area contributed by atoms with Gasteiger partial charge >= 0.3 is 0 Å². The van der Waals surface area contributed by atoms with Gasteiger partial charge in [-0.05, 0) is 32.1 Å². The summed E-state index contributed by atoms with van der Waals surface area (Å²) in [6.07, 6.45) is 3.38. The topological polar surface area (TPSA) is 41.5 Å². The molecule has 1 heterocycles. The van der Waals surface area contributed by atoms with Gasteiger partial charge in [0.15, 0.2) is 0 Å². The maximum Gasteiger partial charge on any atom is 0.0610 e. The molecule has 3 nitrogen and oxygen atoms in total. The number of hydrogen-bond donors (Lipinski definition) is 2. The van der Waals surface area contributed by atoms with Gasteiger partial charge in [-0.3, -0.25) is 0 Å². The molecule has 0 amide bonds. The Balaban J connectivity index is 2.23. The van der Waals surface area contributed by atoms with Gasteiger partial charge in [0, 0.05) is 18.7 Å². The molecule has 3 heteroatoms. The summed E-state index contributed by atoms with van der Waals surface area (Å²) in [4.78, 5) is 0.